The van der Waals surface area contributed by atoms with E-state index in [1.54, 1.807) is 12.1 Å². The number of thiazole rings is 1. The molecule has 0 bridgehead atoms. The lowest BCUT2D eigenvalue weighted by Gasteiger charge is -2.22. The minimum atomic E-state index is -0.275. The highest BCUT2D eigenvalue weighted by molar-refractivity contribution is 7.15. The Kier molecular flexibility index (Phi) is 6.04. The highest BCUT2D eigenvalue weighted by atomic mass is 32.1. The summed E-state index contributed by atoms with van der Waals surface area (Å²) in [7, 11) is 0. The van der Waals surface area contributed by atoms with E-state index in [2.05, 4.69) is 35.1 Å². The van der Waals surface area contributed by atoms with Gasteiger partial charge in [0.05, 0.1) is 12.1 Å². The van der Waals surface area contributed by atoms with Crippen molar-refractivity contribution in [2.24, 2.45) is 0 Å². The van der Waals surface area contributed by atoms with E-state index in [9.17, 15) is 9.18 Å². The Balaban J connectivity index is 1.49. The predicted octanol–water partition coefficient (Wildman–Crippen LogP) is 5.54. The van der Waals surface area contributed by atoms with Crippen LogP contribution in [-0.4, -0.2) is 28.4 Å². The van der Waals surface area contributed by atoms with E-state index in [4.69, 9.17) is 0 Å². The van der Waals surface area contributed by atoms with Gasteiger partial charge in [-0.15, -0.1) is 11.3 Å². The van der Waals surface area contributed by atoms with E-state index in [1.165, 1.54) is 23.5 Å². The van der Waals surface area contributed by atoms with Gasteiger partial charge in [-0.05, 0) is 68.8 Å². The van der Waals surface area contributed by atoms with Crippen molar-refractivity contribution in [1.82, 2.24) is 9.38 Å². The average Bonchev–Trinajstić information content (AvgIpc) is 3.33. The highest BCUT2D eigenvalue weighted by Crippen LogP contribution is 2.25. The average molecular weight is 437 g/mol. The Morgan fingerprint density at radius 3 is 2.58 bits per heavy atom. The van der Waals surface area contributed by atoms with Gasteiger partial charge in [0.1, 0.15) is 5.82 Å². The summed E-state index contributed by atoms with van der Waals surface area (Å²) in [6.07, 6.45) is 2.14. The Bertz CT molecular complexity index is 1210. The normalized spacial score (nSPS) is 11.1. The lowest BCUT2D eigenvalue weighted by molar-refractivity contribution is -0.115. The first-order valence-electron chi connectivity index (χ1n) is 10.3. The summed E-state index contributed by atoms with van der Waals surface area (Å²) in [6, 6.07) is 12.4. The van der Waals surface area contributed by atoms with E-state index < -0.39 is 0 Å². The molecule has 2 aromatic carbocycles. The molecule has 0 aliphatic rings. The molecule has 2 heterocycles. The Morgan fingerprint density at radius 1 is 1.16 bits per heavy atom. The fourth-order valence-electron chi connectivity index (χ4n) is 3.65. The first-order valence-corrected chi connectivity index (χ1v) is 11.2. The SMILES string of the molecule is CCN(CC)c1ccc(NC(=O)Cc2csc3nc(-c4ccc(F)cc4)cn23)c(C)c1. The third-order valence-electron chi connectivity index (χ3n) is 5.38. The zero-order valence-corrected chi connectivity index (χ0v) is 18.7. The largest absolute Gasteiger partial charge is 0.372 e. The van der Waals surface area contributed by atoms with Crippen molar-refractivity contribution < 1.29 is 9.18 Å². The molecule has 0 radical (unpaired) electrons. The van der Waals surface area contributed by atoms with Gasteiger partial charge in [0.2, 0.25) is 5.91 Å². The van der Waals surface area contributed by atoms with Crippen LogP contribution < -0.4 is 10.2 Å². The van der Waals surface area contributed by atoms with Crippen LogP contribution in [0.25, 0.3) is 16.2 Å². The second kappa shape index (κ2) is 8.89. The third-order valence-corrected chi connectivity index (χ3v) is 6.27. The highest BCUT2D eigenvalue weighted by Gasteiger charge is 2.14. The molecular weight excluding hydrogens is 411 g/mol. The van der Waals surface area contributed by atoms with Gasteiger partial charge in [0.15, 0.2) is 4.96 Å². The first kappa shape index (κ1) is 21.1. The minimum absolute atomic E-state index is 0.0737. The summed E-state index contributed by atoms with van der Waals surface area (Å²) >= 11 is 1.49. The second-order valence-corrected chi connectivity index (χ2v) is 8.25. The van der Waals surface area contributed by atoms with Gasteiger partial charge in [-0.2, -0.15) is 0 Å². The molecule has 7 heteroatoms. The van der Waals surface area contributed by atoms with Crippen molar-refractivity contribution in [2.45, 2.75) is 27.2 Å². The summed E-state index contributed by atoms with van der Waals surface area (Å²) in [5.41, 5.74) is 5.50. The standard InChI is InChI=1S/C24H25FN4OS/c1-4-28(5-2)19-10-11-21(16(3)12-19)26-23(30)13-20-15-31-24-27-22(14-29(20)24)17-6-8-18(25)9-7-17/h6-12,14-15H,4-5,13H2,1-3H3,(H,26,30). The predicted molar refractivity (Wildman–Crippen MR) is 126 cm³/mol. The maximum absolute atomic E-state index is 13.2. The fraction of sp³-hybridized carbons (Fsp3) is 0.250. The fourth-order valence-corrected chi connectivity index (χ4v) is 4.52. The van der Waals surface area contributed by atoms with Gasteiger partial charge < -0.3 is 10.2 Å². The number of anilines is 2. The number of imidazole rings is 1. The van der Waals surface area contributed by atoms with Gasteiger partial charge in [0, 0.05) is 47.3 Å². The van der Waals surface area contributed by atoms with Crippen molar-refractivity contribution in [3.05, 3.63) is 71.1 Å². The number of aromatic nitrogens is 2. The first-order chi connectivity index (χ1) is 15.0. The van der Waals surface area contributed by atoms with E-state index in [0.29, 0.717) is 0 Å². The molecule has 31 heavy (non-hydrogen) atoms. The molecule has 2 aromatic heterocycles. The number of benzene rings is 2. The zero-order valence-electron chi connectivity index (χ0n) is 17.9. The van der Waals surface area contributed by atoms with Gasteiger partial charge in [-0.25, -0.2) is 9.37 Å². The summed E-state index contributed by atoms with van der Waals surface area (Å²) in [5.74, 6) is -0.349. The number of hydrogen-bond acceptors (Lipinski definition) is 4. The number of aryl methyl sites for hydroxylation is 1. The number of nitrogens with zero attached hydrogens (tertiary/aromatic N) is 3. The van der Waals surface area contributed by atoms with Crippen LogP contribution in [0.3, 0.4) is 0 Å². The third kappa shape index (κ3) is 4.46. The molecule has 4 rings (SSSR count). The summed E-state index contributed by atoms with van der Waals surface area (Å²) in [6.45, 7) is 8.17. The van der Waals surface area contributed by atoms with E-state index in [0.717, 1.165) is 51.9 Å². The molecule has 0 fully saturated rings. The van der Waals surface area contributed by atoms with Crippen molar-refractivity contribution in [3.8, 4) is 11.3 Å². The molecule has 0 unspecified atom stereocenters. The van der Waals surface area contributed by atoms with E-state index in [-0.39, 0.29) is 18.1 Å². The number of carbonyl (C=O) groups is 1. The lowest BCUT2D eigenvalue weighted by Crippen LogP contribution is -2.22. The van der Waals surface area contributed by atoms with Crippen LogP contribution >= 0.6 is 11.3 Å². The van der Waals surface area contributed by atoms with Crippen LogP contribution in [0.1, 0.15) is 25.1 Å². The molecule has 1 N–H and O–H groups in total. The van der Waals surface area contributed by atoms with Crippen LogP contribution in [0, 0.1) is 12.7 Å². The van der Waals surface area contributed by atoms with Crippen molar-refractivity contribution in [1.29, 1.82) is 0 Å². The number of halogens is 1. The summed E-state index contributed by atoms with van der Waals surface area (Å²) < 4.78 is 15.1. The second-order valence-electron chi connectivity index (χ2n) is 7.41. The molecular formula is C24H25FN4OS. The lowest BCUT2D eigenvalue weighted by atomic mass is 10.1. The smallest absolute Gasteiger partial charge is 0.230 e. The van der Waals surface area contributed by atoms with Crippen molar-refractivity contribution >= 4 is 33.6 Å². The van der Waals surface area contributed by atoms with Crippen LogP contribution in [0.5, 0.6) is 0 Å². The topological polar surface area (TPSA) is 49.6 Å². The van der Waals surface area contributed by atoms with Crippen molar-refractivity contribution in [3.63, 3.8) is 0 Å². The zero-order chi connectivity index (χ0) is 22.0. The quantitative estimate of drug-likeness (QED) is 0.414. The molecule has 160 valence electrons. The Labute approximate surface area is 185 Å². The molecule has 4 aromatic rings. The van der Waals surface area contributed by atoms with Gasteiger partial charge >= 0.3 is 0 Å². The molecule has 0 saturated carbocycles. The molecule has 0 aliphatic carbocycles. The van der Waals surface area contributed by atoms with Gasteiger partial charge in [-0.3, -0.25) is 9.20 Å². The van der Waals surface area contributed by atoms with Crippen LogP contribution in [0.15, 0.2) is 54.0 Å². The van der Waals surface area contributed by atoms with Crippen LogP contribution in [0.2, 0.25) is 0 Å². The van der Waals surface area contributed by atoms with Crippen molar-refractivity contribution in [2.75, 3.05) is 23.3 Å². The van der Waals surface area contributed by atoms with E-state index >= 15 is 0 Å². The van der Waals surface area contributed by atoms with Crippen LogP contribution in [0.4, 0.5) is 15.8 Å². The van der Waals surface area contributed by atoms with E-state index in [1.807, 2.05) is 35.0 Å². The number of fused-ring (bicyclic) bond motifs is 1. The minimum Gasteiger partial charge on any atom is -0.372 e. The van der Waals surface area contributed by atoms with Crippen LogP contribution in [-0.2, 0) is 11.2 Å². The maximum atomic E-state index is 13.2. The van der Waals surface area contributed by atoms with Gasteiger partial charge in [0.25, 0.3) is 0 Å². The maximum Gasteiger partial charge on any atom is 0.230 e. The monoisotopic (exact) mass is 436 g/mol. The summed E-state index contributed by atoms with van der Waals surface area (Å²) in [5, 5.41) is 4.98. The number of carbonyl (C=O) groups excluding carboxylic acids is 1. The van der Waals surface area contributed by atoms with Gasteiger partial charge in [-0.1, -0.05) is 0 Å². The summed E-state index contributed by atoms with van der Waals surface area (Å²) in [4.78, 5) is 20.4. The molecule has 0 atom stereocenters. The molecule has 1 amide bonds. The Morgan fingerprint density at radius 2 is 1.90 bits per heavy atom. The molecule has 0 spiro atoms. The Hall–Kier alpha value is -3.19. The number of nitrogens with one attached hydrogen (secondary N) is 1. The number of amides is 1. The molecule has 5 nitrogen and oxygen atoms in total. The number of rotatable bonds is 7. The number of hydrogen-bond donors (Lipinski definition) is 1. The molecule has 0 aliphatic heterocycles. The molecule has 0 saturated heterocycles.